The number of rotatable bonds is 16. The fraction of sp³-hybridized carbons (Fsp3) is 0.273. The Balaban J connectivity index is 1.70. The second-order valence-electron chi connectivity index (χ2n) is 14.1. The Morgan fingerprint density at radius 2 is 0.750 bits per heavy atom. The van der Waals surface area contributed by atoms with Gasteiger partial charge in [-0.25, -0.2) is 9.59 Å². The molecule has 0 aliphatic carbocycles. The van der Waals surface area contributed by atoms with Crippen molar-refractivity contribution in [3.05, 3.63) is 179 Å². The van der Waals surface area contributed by atoms with Crippen LogP contribution in [0, 0.1) is 0 Å². The first-order valence-electron chi connectivity index (χ1n) is 18.5. The Bertz CT molecular complexity index is 2090. The van der Waals surface area contributed by atoms with Gasteiger partial charge in [0, 0.05) is 12.2 Å². The van der Waals surface area contributed by atoms with Gasteiger partial charge in [0.1, 0.15) is 11.1 Å². The number of halogens is 12. The Kier molecular flexibility index (Phi) is 15.4. The molecule has 0 fully saturated rings. The topological polar surface area (TPSA) is 123 Å². The predicted molar refractivity (Wildman–Crippen MR) is 206 cm³/mol. The summed E-state index contributed by atoms with van der Waals surface area (Å²) in [5.74, 6) is -2.94. The number of ether oxygens (including phenoxy) is 4. The van der Waals surface area contributed by atoms with Crippen LogP contribution in [0.1, 0.15) is 70.6 Å². The maximum atomic E-state index is 13.7. The molecule has 20 heteroatoms. The van der Waals surface area contributed by atoms with Crippen LogP contribution in [-0.4, -0.2) is 24.5 Å². The molecule has 0 saturated heterocycles. The molecule has 4 rings (SSSR count). The molecule has 4 aromatic carbocycles. The van der Waals surface area contributed by atoms with E-state index in [1.807, 2.05) is 0 Å². The molecule has 6 atom stereocenters. The molecule has 2 unspecified atom stereocenters. The van der Waals surface area contributed by atoms with Gasteiger partial charge in [-0.3, -0.25) is 0 Å². The van der Waals surface area contributed by atoms with Crippen molar-refractivity contribution in [3.8, 4) is 0 Å². The quantitative estimate of drug-likeness (QED) is 0.0375. The Morgan fingerprint density at radius 1 is 0.484 bits per heavy atom. The van der Waals surface area contributed by atoms with Crippen molar-refractivity contribution < 1.29 is 81.2 Å². The van der Waals surface area contributed by atoms with Crippen molar-refractivity contribution in [2.75, 3.05) is 0 Å². The van der Waals surface area contributed by atoms with Gasteiger partial charge in [0.25, 0.3) is 0 Å². The summed E-state index contributed by atoms with van der Waals surface area (Å²) in [6.45, 7) is 9.34. The minimum absolute atomic E-state index is 0.104. The first kappa shape index (κ1) is 50.7. The lowest BCUT2D eigenvalue weighted by molar-refractivity contribution is -0.202. The van der Waals surface area contributed by atoms with Gasteiger partial charge in [-0.15, -0.1) is 13.2 Å². The molecule has 4 aromatic rings. The molecule has 0 saturated carbocycles. The van der Waals surface area contributed by atoms with E-state index in [1.165, 1.54) is 48.5 Å². The van der Waals surface area contributed by atoms with Crippen LogP contribution in [0.5, 0.6) is 0 Å². The SMILES string of the molecule is C=C[C@](N)(c1ccccc1)C(OC(=O)/C=C\C(=O)OC(O[C@H](C)c1cc(C(F)(F)F)cc(C(F)(F)F)c1)[C@](N)(C=C)c1ccccc1)O[C@H](C)c1cc(C(F)(F)F)cc(C(F)(F)F)c1. The predicted octanol–water partition coefficient (Wildman–Crippen LogP) is 11.0. The fourth-order valence-electron chi connectivity index (χ4n) is 6.01. The van der Waals surface area contributed by atoms with Crippen LogP contribution in [-0.2, 0) is 64.3 Å². The third-order valence-corrected chi connectivity index (χ3v) is 9.62. The van der Waals surface area contributed by atoms with E-state index in [-0.39, 0.29) is 23.3 Å². The largest absolute Gasteiger partial charge is 0.430 e. The molecule has 64 heavy (non-hydrogen) atoms. The van der Waals surface area contributed by atoms with Gasteiger partial charge in [0.15, 0.2) is 0 Å². The summed E-state index contributed by atoms with van der Waals surface area (Å²) >= 11 is 0. The van der Waals surface area contributed by atoms with E-state index in [0.29, 0.717) is 36.4 Å². The van der Waals surface area contributed by atoms with Crippen molar-refractivity contribution in [1.29, 1.82) is 0 Å². The van der Waals surface area contributed by atoms with Gasteiger partial charge >= 0.3 is 36.6 Å². The second kappa shape index (κ2) is 19.4. The monoisotopic (exact) mass is 918 g/mol. The van der Waals surface area contributed by atoms with Gasteiger partial charge in [0.05, 0.1) is 34.5 Å². The minimum atomic E-state index is -5.23. The van der Waals surface area contributed by atoms with Gasteiger partial charge in [0.2, 0.25) is 12.6 Å². The summed E-state index contributed by atoms with van der Waals surface area (Å²) in [6.07, 6.45) is -25.6. The smallest absolute Gasteiger partial charge is 0.416 e. The van der Waals surface area contributed by atoms with Crippen molar-refractivity contribution >= 4 is 11.9 Å². The molecule has 0 aliphatic rings. The lowest BCUT2D eigenvalue weighted by atomic mass is 9.90. The first-order valence-corrected chi connectivity index (χ1v) is 18.5. The van der Waals surface area contributed by atoms with Gasteiger partial charge in [-0.1, -0.05) is 72.8 Å². The number of benzene rings is 4. The van der Waals surface area contributed by atoms with Crippen LogP contribution in [0.3, 0.4) is 0 Å². The molecule has 0 heterocycles. The normalized spacial score (nSPS) is 16.4. The number of hydrogen-bond acceptors (Lipinski definition) is 8. The molecular weight excluding hydrogens is 880 g/mol. The van der Waals surface area contributed by atoms with E-state index in [9.17, 15) is 62.3 Å². The van der Waals surface area contributed by atoms with E-state index in [4.69, 9.17) is 30.4 Å². The highest BCUT2D eigenvalue weighted by molar-refractivity contribution is 5.91. The summed E-state index contributed by atoms with van der Waals surface area (Å²) in [5, 5.41) is 0. The first-order chi connectivity index (χ1) is 29.5. The highest BCUT2D eigenvalue weighted by atomic mass is 19.4. The van der Waals surface area contributed by atoms with Gasteiger partial charge < -0.3 is 30.4 Å². The minimum Gasteiger partial charge on any atom is -0.430 e. The Morgan fingerprint density at radius 3 is 0.984 bits per heavy atom. The summed E-state index contributed by atoms with van der Waals surface area (Å²) in [7, 11) is 0. The van der Waals surface area contributed by atoms with E-state index in [2.05, 4.69) is 13.2 Å². The fourth-order valence-corrected chi connectivity index (χ4v) is 6.01. The van der Waals surface area contributed by atoms with Crippen molar-refractivity contribution in [2.45, 2.75) is 74.4 Å². The molecular formula is C44H38F12N2O6. The Labute approximate surface area is 357 Å². The molecule has 0 radical (unpaired) electrons. The molecule has 0 aromatic heterocycles. The number of alkyl halides is 12. The van der Waals surface area contributed by atoms with E-state index >= 15 is 0 Å². The zero-order chi connectivity index (χ0) is 48.1. The number of esters is 2. The lowest BCUT2D eigenvalue weighted by Gasteiger charge is -2.36. The summed E-state index contributed by atoms with van der Waals surface area (Å²) in [5.41, 5.74) is 1.26. The van der Waals surface area contributed by atoms with Crippen LogP contribution in [0.15, 0.2) is 135 Å². The highest BCUT2D eigenvalue weighted by Gasteiger charge is 2.43. The van der Waals surface area contributed by atoms with Gasteiger partial charge in [-0.05, 0) is 72.5 Å². The molecule has 0 bridgehead atoms. The van der Waals surface area contributed by atoms with Crippen LogP contribution in [0.4, 0.5) is 52.7 Å². The molecule has 0 spiro atoms. The molecule has 0 amide bonds. The van der Waals surface area contributed by atoms with Crippen molar-refractivity contribution in [2.24, 2.45) is 11.5 Å². The number of carbonyl (C=O) groups excluding carboxylic acids is 2. The molecule has 0 aliphatic heterocycles. The maximum Gasteiger partial charge on any atom is 0.416 e. The average molecular weight is 919 g/mol. The maximum absolute atomic E-state index is 13.7. The lowest BCUT2D eigenvalue weighted by Crippen LogP contribution is -2.50. The van der Waals surface area contributed by atoms with Crippen LogP contribution in [0.2, 0.25) is 0 Å². The zero-order valence-corrected chi connectivity index (χ0v) is 33.4. The third kappa shape index (κ3) is 12.4. The highest BCUT2D eigenvalue weighted by Crippen LogP contribution is 2.41. The van der Waals surface area contributed by atoms with E-state index in [0.717, 1.165) is 26.0 Å². The van der Waals surface area contributed by atoms with Crippen LogP contribution < -0.4 is 11.5 Å². The summed E-state index contributed by atoms with van der Waals surface area (Å²) in [4.78, 5) is 26.7. The number of nitrogens with two attached hydrogens (primary N) is 2. The second-order valence-corrected chi connectivity index (χ2v) is 14.1. The van der Waals surface area contributed by atoms with Gasteiger partial charge in [-0.2, -0.15) is 52.7 Å². The van der Waals surface area contributed by atoms with Crippen molar-refractivity contribution in [1.82, 2.24) is 0 Å². The third-order valence-electron chi connectivity index (χ3n) is 9.62. The van der Waals surface area contributed by atoms with E-state index in [1.54, 1.807) is 12.1 Å². The standard InChI is InChI=1S/C44H38F12N2O6/c1-5-39(57,29-13-9-7-10-14-29)37(61-25(3)27-19-31(41(45,46)47)23-32(20-27)42(48,49)50)63-35(59)17-18-36(60)64-38(40(58,6-2)30-15-11-8-12-16-30)62-26(4)28-21-33(43(51,52)53)24-34(22-28)44(54,55)56/h5-26,37-38H,1-2,57-58H2,3-4H3/b18-17-/t25-,26-,37?,38?,39+,40+/m1/s1. The number of carbonyl (C=O) groups is 2. The van der Waals surface area contributed by atoms with Crippen LogP contribution in [0.25, 0.3) is 0 Å². The zero-order valence-electron chi connectivity index (χ0n) is 33.4. The average Bonchev–Trinajstić information content (AvgIpc) is 3.23. The summed E-state index contributed by atoms with van der Waals surface area (Å²) in [6, 6.07) is 16.0. The number of hydrogen-bond donors (Lipinski definition) is 2. The summed E-state index contributed by atoms with van der Waals surface area (Å²) < 4.78 is 187. The molecule has 8 nitrogen and oxygen atoms in total. The van der Waals surface area contributed by atoms with Crippen LogP contribution >= 0.6 is 0 Å². The van der Waals surface area contributed by atoms with E-state index < -0.39 is 106 Å². The molecule has 4 N–H and O–H groups in total. The van der Waals surface area contributed by atoms with Crippen molar-refractivity contribution in [3.63, 3.8) is 0 Å². The molecule has 344 valence electrons. The Hall–Kier alpha value is -5.96.